The summed E-state index contributed by atoms with van der Waals surface area (Å²) in [5.74, 6) is -0.213. The Morgan fingerprint density at radius 2 is 0.937 bits per heavy atom. The van der Waals surface area contributed by atoms with E-state index in [0.717, 1.165) is 57.8 Å². The van der Waals surface area contributed by atoms with Gasteiger partial charge in [-0.05, 0) is 77.0 Å². The van der Waals surface area contributed by atoms with Crippen molar-refractivity contribution < 1.29 is 32.9 Å². The summed E-state index contributed by atoms with van der Waals surface area (Å²) in [6.07, 6.45) is 60.0. The van der Waals surface area contributed by atoms with Crippen molar-refractivity contribution in [1.82, 2.24) is 5.32 Å². The predicted molar refractivity (Wildman–Crippen MR) is 270 cm³/mol. The number of allylic oxidation sites excluding steroid dienone is 9. The molecule has 0 bridgehead atoms. The zero-order chi connectivity index (χ0) is 46.4. The van der Waals surface area contributed by atoms with E-state index in [1.807, 2.05) is 27.2 Å². The molecule has 0 aliphatic carbocycles. The average Bonchev–Trinajstić information content (AvgIpc) is 3.24. The van der Waals surface area contributed by atoms with Crippen molar-refractivity contribution in [3.05, 3.63) is 60.8 Å². The monoisotopic (exact) mass is 905 g/mol. The second kappa shape index (κ2) is 45.4. The van der Waals surface area contributed by atoms with Gasteiger partial charge < -0.3 is 28.8 Å². The Morgan fingerprint density at radius 1 is 0.556 bits per heavy atom. The van der Waals surface area contributed by atoms with Crippen LogP contribution in [-0.4, -0.2) is 68.5 Å². The topological polar surface area (TPSA) is 108 Å². The van der Waals surface area contributed by atoms with Gasteiger partial charge in [-0.2, -0.15) is 0 Å². The van der Waals surface area contributed by atoms with E-state index < -0.39 is 26.6 Å². The van der Waals surface area contributed by atoms with Crippen LogP contribution in [0.15, 0.2) is 60.8 Å². The number of aliphatic hydroxyl groups is 1. The van der Waals surface area contributed by atoms with Crippen molar-refractivity contribution in [2.24, 2.45) is 0 Å². The minimum atomic E-state index is -4.60. The van der Waals surface area contributed by atoms with Crippen LogP contribution in [0.5, 0.6) is 0 Å². The van der Waals surface area contributed by atoms with Gasteiger partial charge >= 0.3 is 0 Å². The zero-order valence-electron chi connectivity index (χ0n) is 41.8. The number of aliphatic hydroxyl groups excluding tert-OH is 1. The molecule has 0 aliphatic rings. The lowest BCUT2D eigenvalue weighted by molar-refractivity contribution is -0.870. The summed E-state index contributed by atoms with van der Waals surface area (Å²) < 4.78 is 23.2. The van der Waals surface area contributed by atoms with Crippen molar-refractivity contribution >= 4 is 13.7 Å². The molecule has 0 aromatic rings. The Kier molecular flexibility index (Phi) is 44.1. The molecule has 0 saturated carbocycles. The van der Waals surface area contributed by atoms with Crippen LogP contribution in [0.25, 0.3) is 0 Å². The fourth-order valence-corrected chi connectivity index (χ4v) is 8.00. The third kappa shape index (κ3) is 48.0. The summed E-state index contributed by atoms with van der Waals surface area (Å²) in [7, 11) is 1.23. The molecule has 368 valence electrons. The van der Waals surface area contributed by atoms with Gasteiger partial charge in [-0.25, -0.2) is 0 Å². The summed E-state index contributed by atoms with van der Waals surface area (Å²) in [5.41, 5.74) is 0. The van der Waals surface area contributed by atoms with Crippen LogP contribution in [-0.2, 0) is 18.4 Å². The van der Waals surface area contributed by atoms with Crippen LogP contribution >= 0.6 is 7.82 Å². The van der Waals surface area contributed by atoms with Gasteiger partial charge in [0.25, 0.3) is 7.82 Å². The maximum absolute atomic E-state index is 12.9. The number of hydrogen-bond donors (Lipinski definition) is 2. The molecule has 0 aromatic carbocycles. The number of unbranched alkanes of at least 4 members (excludes halogenated alkanes) is 26. The quantitative estimate of drug-likeness (QED) is 0.0273. The van der Waals surface area contributed by atoms with Gasteiger partial charge in [-0.3, -0.25) is 9.36 Å². The van der Waals surface area contributed by atoms with Crippen LogP contribution in [0, 0.1) is 0 Å². The van der Waals surface area contributed by atoms with Crippen molar-refractivity contribution in [1.29, 1.82) is 0 Å². The van der Waals surface area contributed by atoms with Crippen molar-refractivity contribution in [3.63, 3.8) is 0 Å². The summed E-state index contributed by atoms with van der Waals surface area (Å²) in [4.78, 5) is 25.4. The highest BCUT2D eigenvalue weighted by atomic mass is 31.2. The Labute approximate surface area is 390 Å². The smallest absolute Gasteiger partial charge is 0.268 e. The second-order valence-electron chi connectivity index (χ2n) is 18.9. The molecule has 3 atom stereocenters. The van der Waals surface area contributed by atoms with E-state index in [1.54, 1.807) is 6.08 Å². The number of nitrogens with one attached hydrogen (secondary N) is 1. The molecule has 0 spiro atoms. The van der Waals surface area contributed by atoms with Crippen molar-refractivity contribution in [3.8, 4) is 0 Å². The van der Waals surface area contributed by atoms with Crippen molar-refractivity contribution in [2.45, 2.75) is 238 Å². The first-order chi connectivity index (χ1) is 30.5. The van der Waals surface area contributed by atoms with E-state index in [-0.39, 0.29) is 12.5 Å². The third-order valence-electron chi connectivity index (χ3n) is 11.4. The number of phosphoric ester groups is 1. The number of hydrogen-bond acceptors (Lipinski definition) is 6. The van der Waals surface area contributed by atoms with Gasteiger partial charge in [0.15, 0.2) is 0 Å². The number of carbonyl (C=O) groups excluding carboxylic acids is 1. The first-order valence-electron chi connectivity index (χ1n) is 26.2. The summed E-state index contributed by atoms with van der Waals surface area (Å²) >= 11 is 0. The minimum absolute atomic E-state index is 0.0103. The molecule has 2 N–H and O–H groups in total. The Balaban J connectivity index is 4.21. The van der Waals surface area contributed by atoms with E-state index in [0.29, 0.717) is 17.4 Å². The van der Waals surface area contributed by atoms with Gasteiger partial charge in [0.05, 0.1) is 39.9 Å². The van der Waals surface area contributed by atoms with Crippen LogP contribution in [0.3, 0.4) is 0 Å². The first-order valence-corrected chi connectivity index (χ1v) is 27.6. The highest BCUT2D eigenvalue weighted by Crippen LogP contribution is 2.38. The molecule has 0 radical (unpaired) electrons. The Hall–Kier alpha value is -1.80. The number of quaternary nitrogens is 1. The number of phosphoric acid groups is 1. The number of carbonyl (C=O) groups is 1. The van der Waals surface area contributed by atoms with Gasteiger partial charge in [-0.1, -0.05) is 203 Å². The highest BCUT2D eigenvalue weighted by molar-refractivity contribution is 7.45. The molecule has 0 saturated heterocycles. The normalized spacial score (nSPS) is 14.6. The maximum Gasteiger partial charge on any atom is 0.268 e. The molecule has 0 fully saturated rings. The van der Waals surface area contributed by atoms with Gasteiger partial charge in [0, 0.05) is 6.42 Å². The van der Waals surface area contributed by atoms with E-state index >= 15 is 0 Å². The van der Waals surface area contributed by atoms with Gasteiger partial charge in [0.1, 0.15) is 13.2 Å². The predicted octanol–water partition coefficient (Wildman–Crippen LogP) is 14.7. The first kappa shape index (κ1) is 61.2. The molecule has 0 aliphatic heterocycles. The SMILES string of the molecule is CCCCCC/C=C/CC/C=C/CC/C=C/C(O)C(COP(=O)([O-])OCC[N+](C)(C)C)NC(=O)CCCCCCCCCCCCCCCCC/C=C\C/C=C\CCCCCCC. The van der Waals surface area contributed by atoms with E-state index in [1.165, 1.54) is 148 Å². The summed E-state index contributed by atoms with van der Waals surface area (Å²) in [6, 6.07) is -0.910. The molecular formula is C54H101N2O6P. The molecule has 63 heavy (non-hydrogen) atoms. The summed E-state index contributed by atoms with van der Waals surface area (Å²) in [5, 5.41) is 13.8. The fraction of sp³-hybridized carbons (Fsp3) is 0.796. The van der Waals surface area contributed by atoms with Crippen LogP contribution in [0.2, 0.25) is 0 Å². The zero-order valence-corrected chi connectivity index (χ0v) is 42.7. The third-order valence-corrected chi connectivity index (χ3v) is 12.4. The van der Waals surface area contributed by atoms with Gasteiger partial charge in [0.2, 0.25) is 5.91 Å². The maximum atomic E-state index is 12.9. The van der Waals surface area contributed by atoms with E-state index in [9.17, 15) is 19.4 Å². The lowest BCUT2D eigenvalue weighted by atomic mass is 10.0. The number of rotatable bonds is 47. The van der Waals surface area contributed by atoms with Gasteiger partial charge in [-0.15, -0.1) is 0 Å². The average molecular weight is 905 g/mol. The standard InChI is InChI=1S/C54H101N2O6P/c1-6-8-10-12-14-16-18-20-22-23-24-25-26-27-28-29-30-31-32-33-34-36-38-40-42-44-46-48-54(58)55-52(51-62-63(59,60)61-50-49-56(3,4)5)53(57)47-45-43-41-39-37-35-21-19-17-15-13-11-9-7-2/h17-20,23-24,37,39,45,47,52-53,57H,6-16,21-22,25-36,38,40-44,46,48-51H2,1-5H3,(H-,55,58,59,60)/b19-17+,20-18-,24-23-,39-37+,47-45+. The lowest BCUT2D eigenvalue weighted by Crippen LogP contribution is -2.45. The molecular weight excluding hydrogens is 804 g/mol. The molecule has 0 aromatic heterocycles. The highest BCUT2D eigenvalue weighted by Gasteiger charge is 2.23. The van der Waals surface area contributed by atoms with Crippen molar-refractivity contribution in [2.75, 3.05) is 40.9 Å². The molecule has 0 heterocycles. The molecule has 0 rings (SSSR count). The molecule has 9 heteroatoms. The molecule has 1 amide bonds. The Morgan fingerprint density at radius 3 is 1.40 bits per heavy atom. The van der Waals surface area contributed by atoms with E-state index in [4.69, 9.17) is 9.05 Å². The largest absolute Gasteiger partial charge is 0.756 e. The number of amides is 1. The lowest BCUT2D eigenvalue weighted by Gasteiger charge is -2.29. The van der Waals surface area contributed by atoms with Crippen LogP contribution < -0.4 is 10.2 Å². The second-order valence-corrected chi connectivity index (χ2v) is 20.3. The Bertz CT molecular complexity index is 1210. The minimum Gasteiger partial charge on any atom is -0.756 e. The summed E-state index contributed by atoms with van der Waals surface area (Å²) in [6.45, 7) is 4.59. The van der Waals surface area contributed by atoms with Crippen LogP contribution in [0.1, 0.15) is 226 Å². The number of likely N-dealkylation sites (N-methyl/N-ethyl adjacent to an activating group) is 1. The molecule has 8 nitrogen and oxygen atoms in total. The van der Waals surface area contributed by atoms with E-state index in [2.05, 4.69) is 67.8 Å². The van der Waals surface area contributed by atoms with Crippen LogP contribution in [0.4, 0.5) is 0 Å². The molecule has 3 unspecified atom stereocenters. The number of nitrogens with zero attached hydrogens (tertiary/aromatic N) is 1. The fourth-order valence-electron chi connectivity index (χ4n) is 7.27.